The third-order valence-corrected chi connectivity index (χ3v) is 3.33. The molecule has 0 unspecified atom stereocenters. The van der Waals surface area contributed by atoms with Crippen LogP contribution in [0.4, 0.5) is 0 Å². The van der Waals surface area contributed by atoms with Crippen LogP contribution in [-0.4, -0.2) is 34.3 Å². The second-order valence-electron chi connectivity index (χ2n) is 5.22. The molecule has 1 aromatic carbocycles. The van der Waals surface area contributed by atoms with E-state index in [1.807, 2.05) is 19.1 Å². The Labute approximate surface area is 139 Å². The van der Waals surface area contributed by atoms with Gasteiger partial charge >= 0.3 is 5.97 Å². The maximum atomic E-state index is 12.1. The van der Waals surface area contributed by atoms with Crippen molar-refractivity contribution in [3.63, 3.8) is 0 Å². The first-order valence-corrected chi connectivity index (χ1v) is 7.52. The van der Waals surface area contributed by atoms with E-state index in [0.29, 0.717) is 5.02 Å². The number of hydrogen-bond donors (Lipinski definition) is 1. The first-order valence-electron chi connectivity index (χ1n) is 7.15. The van der Waals surface area contributed by atoms with E-state index in [0.717, 1.165) is 11.4 Å². The summed E-state index contributed by atoms with van der Waals surface area (Å²) < 4.78 is 6.89. The van der Waals surface area contributed by atoms with Crippen molar-refractivity contribution < 1.29 is 14.3 Å². The molecule has 6 nitrogen and oxygen atoms in total. The number of aromatic nitrogens is 2. The zero-order valence-electron chi connectivity index (χ0n) is 13.2. The first kappa shape index (κ1) is 17.0. The van der Waals surface area contributed by atoms with Gasteiger partial charge in [-0.05, 0) is 38.1 Å². The van der Waals surface area contributed by atoms with Crippen LogP contribution in [0.3, 0.4) is 0 Å². The van der Waals surface area contributed by atoms with E-state index >= 15 is 0 Å². The molecule has 23 heavy (non-hydrogen) atoms. The minimum Gasteiger partial charge on any atom is -0.456 e. The summed E-state index contributed by atoms with van der Waals surface area (Å²) >= 11 is 5.98. The molecule has 7 heteroatoms. The number of ether oxygens (including phenoxy) is 1. The van der Waals surface area contributed by atoms with Crippen molar-refractivity contribution in [2.45, 2.75) is 26.9 Å². The van der Waals surface area contributed by atoms with Gasteiger partial charge in [0, 0.05) is 17.6 Å². The third-order valence-electron chi connectivity index (χ3n) is 3.10. The monoisotopic (exact) mass is 335 g/mol. The number of rotatable bonds is 5. The largest absolute Gasteiger partial charge is 0.456 e. The van der Waals surface area contributed by atoms with Gasteiger partial charge in [-0.25, -0.2) is 9.48 Å². The quantitative estimate of drug-likeness (QED) is 0.852. The van der Waals surface area contributed by atoms with Crippen molar-refractivity contribution in [2.75, 3.05) is 6.54 Å². The average Bonchev–Trinajstić information content (AvgIpc) is 2.87. The zero-order chi connectivity index (χ0) is 17.0. The molecule has 0 saturated heterocycles. The van der Waals surface area contributed by atoms with Crippen LogP contribution >= 0.6 is 11.6 Å². The Bertz CT molecular complexity index is 727. The number of amides is 1. The topological polar surface area (TPSA) is 73.2 Å². The molecule has 1 N–H and O–H groups in total. The molecule has 1 aromatic heterocycles. The Kier molecular flexibility index (Phi) is 5.39. The molecule has 0 aliphatic rings. The lowest BCUT2D eigenvalue weighted by Gasteiger charge is -2.12. The van der Waals surface area contributed by atoms with E-state index in [1.54, 1.807) is 29.8 Å². The Morgan fingerprint density at radius 2 is 2.13 bits per heavy atom. The summed E-state index contributed by atoms with van der Waals surface area (Å²) in [5.41, 5.74) is 1.76. The number of nitrogens with one attached hydrogen (secondary N) is 1. The van der Waals surface area contributed by atoms with Gasteiger partial charge in [-0.15, -0.1) is 0 Å². The number of hydrogen-bond acceptors (Lipinski definition) is 4. The molecule has 0 spiro atoms. The van der Waals surface area contributed by atoms with Crippen molar-refractivity contribution in [1.29, 1.82) is 0 Å². The van der Waals surface area contributed by atoms with Crippen molar-refractivity contribution in [3.05, 3.63) is 46.7 Å². The molecule has 0 saturated carbocycles. The van der Waals surface area contributed by atoms with Gasteiger partial charge in [0.15, 0.2) is 5.69 Å². The smallest absolute Gasteiger partial charge is 0.359 e. The Balaban J connectivity index is 2.11. The van der Waals surface area contributed by atoms with Crippen molar-refractivity contribution >= 4 is 23.5 Å². The molecular formula is C16H18ClN3O3. The van der Waals surface area contributed by atoms with E-state index in [9.17, 15) is 9.59 Å². The number of benzene rings is 1. The molecule has 0 aliphatic carbocycles. The normalized spacial score (nSPS) is 11.8. The van der Waals surface area contributed by atoms with Gasteiger partial charge in [0.1, 0.15) is 6.10 Å². The standard InChI is InChI=1S/C16H18ClN3O3/c1-10-7-15(16(22)23-11(2)9-18-12(3)21)19-20(10)14-6-4-5-13(17)8-14/h4-8,11H,9H2,1-3H3,(H,18,21)/t11-/m1/s1. The molecule has 2 aromatic rings. The molecule has 0 bridgehead atoms. The lowest BCUT2D eigenvalue weighted by atomic mass is 10.3. The highest BCUT2D eigenvalue weighted by Crippen LogP contribution is 2.17. The van der Waals surface area contributed by atoms with Gasteiger partial charge in [-0.3, -0.25) is 4.79 Å². The number of aryl methyl sites for hydroxylation is 1. The van der Waals surface area contributed by atoms with E-state index in [-0.39, 0.29) is 18.1 Å². The number of esters is 1. The van der Waals surface area contributed by atoms with Gasteiger partial charge in [0.05, 0.1) is 12.2 Å². The fourth-order valence-electron chi connectivity index (χ4n) is 2.02. The van der Waals surface area contributed by atoms with Crippen LogP contribution in [-0.2, 0) is 9.53 Å². The Morgan fingerprint density at radius 1 is 1.39 bits per heavy atom. The predicted molar refractivity (Wildman–Crippen MR) is 86.9 cm³/mol. The summed E-state index contributed by atoms with van der Waals surface area (Å²) in [6.07, 6.45) is -0.442. The van der Waals surface area contributed by atoms with E-state index < -0.39 is 12.1 Å². The summed E-state index contributed by atoms with van der Waals surface area (Å²) in [4.78, 5) is 23.0. The van der Waals surface area contributed by atoms with Crippen LogP contribution in [0.5, 0.6) is 0 Å². The zero-order valence-corrected chi connectivity index (χ0v) is 13.9. The van der Waals surface area contributed by atoms with E-state index in [2.05, 4.69) is 10.4 Å². The second-order valence-corrected chi connectivity index (χ2v) is 5.65. The number of carbonyl (C=O) groups excluding carboxylic acids is 2. The lowest BCUT2D eigenvalue weighted by Crippen LogP contribution is -2.31. The van der Waals surface area contributed by atoms with Crippen molar-refractivity contribution in [1.82, 2.24) is 15.1 Å². The third kappa shape index (κ3) is 4.56. The molecule has 122 valence electrons. The van der Waals surface area contributed by atoms with Gasteiger partial charge in [-0.1, -0.05) is 17.7 Å². The first-order chi connectivity index (χ1) is 10.9. The molecular weight excluding hydrogens is 318 g/mol. The van der Waals surface area contributed by atoms with Gasteiger partial charge in [0.25, 0.3) is 0 Å². The van der Waals surface area contributed by atoms with Gasteiger partial charge in [0.2, 0.25) is 5.91 Å². The molecule has 1 heterocycles. The van der Waals surface area contributed by atoms with Crippen LogP contribution in [0.15, 0.2) is 30.3 Å². The minimum atomic E-state index is -0.535. The number of halogens is 1. The van der Waals surface area contributed by atoms with Crippen molar-refractivity contribution in [2.24, 2.45) is 0 Å². The van der Waals surface area contributed by atoms with Gasteiger partial charge < -0.3 is 10.1 Å². The Hall–Kier alpha value is -2.34. The van der Waals surface area contributed by atoms with E-state index in [1.165, 1.54) is 6.92 Å². The van der Waals surface area contributed by atoms with E-state index in [4.69, 9.17) is 16.3 Å². The molecule has 0 fully saturated rings. The molecule has 0 radical (unpaired) electrons. The summed E-state index contributed by atoms with van der Waals surface area (Å²) in [6.45, 7) is 5.21. The summed E-state index contributed by atoms with van der Waals surface area (Å²) in [5, 5.41) is 7.45. The fourth-order valence-corrected chi connectivity index (χ4v) is 2.20. The van der Waals surface area contributed by atoms with Crippen LogP contribution in [0.25, 0.3) is 5.69 Å². The highest BCUT2D eigenvalue weighted by Gasteiger charge is 2.17. The van der Waals surface area contributed by atoms with Crippen LogP contribution in [0.2, 0.25) is 5.02 Å². The van der Waals surface area contributed by atoms with Crippen LogP contribution < -0.4 is 5.32 Å². The lowest BCUT2D eigenvalue weighted by molar-refractivity contribution is -0.119. The molecule has 1 amide bonds. The van der Waals surface area contributed by atoms with Crippen LogP contribution in [0, 0.1) is 6.92 Å². The second kappa shape index (κ2) is 7.28. The maximum Gasteiger partial charge on any atom is 0.359 e. The molecule has 0 aliphatic heterocycles. The number of carbonyl (C=O) groups is 2. The summed E-state index contributed by atoms with van der Waals surface area (Å²) in [6, 6.07) is 8.83. The molecule has 2 rings (SSSR count). The SMILES string of the molecule is CC(=O)NC[C@@H](C)OC(=O)c1cc(C)n(-c2cccc(Cl)c2)n1. The van der Waals surface area contributed by atoms with Gasteiger partial charge in [-0.2, -0.15) is 5.10 Å². The fraction of sp³-hybridized carbons (Fsp3) is 0.312. The average molecular weight is 336 g/mol. The maximum absolute atomic E-state index is 12.1. The van der Waals surface area contributed by atoms with Crippen LogP contribution in [0.1, 0.15) is 30.0 Å². The Morgan fingerprint density at radius 3 is 2.78 bits per heavy atom. The predicted octanol–water partition coefficient (Wildman–Crippen LogP) is 2.52. The number of nitrogens with zero attached hydrogens (tertiary/aromatic N) is 2. The summed E-state index contributed by atoms with van der Waals surface area (Å²) in [7, 11) is 0. The minimum absolute atomic E-state index is 0.172. The molecule has 1 atom stereocenters. The van der Waals surface area contributed by atoms with Crippen molar-refractivity contribution in [3.8, 4) is 5.69 Å². The highest BCUT2D eigenvalue weighted by molar-refractivity contribution is 6.30. The highest BCUT2D eigenvalue weighted by atomic mass is 35.5. The summed E-state index contributed by atoms with van der Waals surface area (Å²) in [5.74, 6) is -0.708.